The van der Waals surface area contributed by atoms with E-state index in [1.807, 2.05) is 25.1 Å². The summed E-state index contributed by atoms with van der Waals surface area (Å²) in [6.07, 6.45) is 0. The van der Waals surface area contributed by atoms with E-state index in [0.29, 0.717) is 0 Å². The molecule has 0 aliphatic carbocycles. The second-order valence-corrected chi connectivity index (χ2v) is 6.53. The second-order valence-electron chi connectivity index (χ2n) is 6.53. The molecule has 1 aliphatic heterocycles. The van der Waals surface area contributed by atoms with Crippen molar-refractivity contribution in [1.82, 2.24) is 5.01 Å². The van der Waals surface area contributed by atoms with Crippen LogP contribution in [0.25, 0.3) is 0 Å². The van der Waals surface area contributed by atoms with Gasteiger partial charge in [-0.3, -0.25) is 5.01 Å². The Hall–Kier alpha value is -2.69. The number of methoxy groups -OCH3 is 2. The Balaban J connectivity index is 1.65. The van der Waals surface area contributed by atoms with E-state index in [-0.39, 0.29) is 0 Å². The zero-order valence-corrected chi connectivity index (χ0v) is 16.0. The standard InChI is InChI=1S/C21H27N3O2/c1-16-5-8-19(9-6-16)23-11-13-24(14-12-23)22-17(2)18-7-10-20(25-3)21(15-18)26-4/h5-10,15H,11-14H2,1-4H3. The molecule has 1 saturated heterocycles. The van der Waals surface area contributed by atoms with Crippen molar-refractivity contribution in [2.24, 2.45) is 5.10 Å². The number of hydrogen-bond donors (Lipinski definition) is 0. The first-order valence-electron chi connectivity index (χ1n) is 8.95. The van der Waals surface area contributed by atoms with Crippen LogP contribution in [0.15, 0.2) is 47.6 Å². The number of nitrogens with zero attached hydrogens (tertiary/aromatic N) is 3. The van der Waals surface area contributed by atoms with Gasteiger partial charge < -0.3 is 14.4 Å². The Kier molecular flexibility index (Phi) is 5.66. The summed E-state index contributed by atoms with van der Waals surface area (Å²) >= 11 is 0. The summed E-state index contributed by atoms with van der Waals surface area (Å²) in [4.78, 5) is 2.41. The van der Waals surface area contributed by atoms with Gasteiger partial charge in [0, 0.05) is 24.3 Å². The Bertz CT molecular complexity index is 763. The van der Waals surface area contributed by atoms with E-state index in [0.717, 1.165) is 49.0 Å². The third-order valence-electron chi connectivity index (χ3n) is 4.75. The first-order valence-corrected chi connectivity index (χ1v) is 8.95. The van der Waals surface area contributed by atoms with Crippen molar-refractivity contribution < 1.29 is 9.47 Å². The lowest BCUT2D eigenvalue weighted by Crippen LogP contribution is -2.44. The quantitative estimate of drug-likeness (QED) is 0.770. The van der Waals surface area contributed by atoms with Crippen LogP contribution in [0, 0.1) is 6.92 Å². The maximum Gasteiger partial charge on any atom is 0.161 e. The molecule has 0 spiro atoms. The first-order chi connectivity index (χ1) is 12.6. The molecule has 26 heavy (non-hydrogen) atoms. The molecule has 3 rings (SSSR count). The summed E-state index contributed by atoms with van der Waals surface area (Å²) in [6.45, 7) is 7.94. The maximum atomic E-state index is 5.39. The number of ether oxygens (including phenoxy) is 2. The average molecular weight is 353 g/mol. The Morgan fingerprint density at radius 2 is 1.54 bits per heavy atom. The number of piperazine rings is 1. The first kappa shape index (κ1) is 18.1. The lowest BCUT2D eigenvalue weighted by molar-refractivity contribution is 0.270. The van der Waals surface area contributed by atoms with Gasteiger partial charge in [-0.15, -0.1) is 0 Å². The van der Waals surface area contributed by atoms with Crippen LogP contribution in [0.1, 0.15) is 18.1 Å². The number of hydrazone groups is 1. The molecular weight excluding hydrogens is 326 g/mol. The minimum Gasteiger partial charge on any atom is -0.493 e. The minimum absolute atomic E-state index is 0.726. The normalized spacial score (nSPS) is 15.2. The van der Waals surface area contributed by atoms with Gasteiger partial charge in [0.25, 0.3) is 0 Å². The molecule has 138 valence electrons. The van der Waals surface area contributed by atoms with E-state index in [9.17, 15) is 0 Å². The van der Waals surface area contributed by atoms with E-state index >= 15 is 0 Å². The second kappa shape index (κ2) is 8.13. The van der Waals surface area contributed by atoms with E-state index < -0.39 is 0 Å². The molecule has 0 N–H and O–H groups in total. The monoisotopic (exact) mass is 353 g/mol. The van der Waals surface area contributed by atoms with Gasteiger partial charge >= 0.3 is 0 Å². The zero-order valence-electron chi connectivity index (χ0n) is 16.0. The average Bonchev–Trinajstić information content (AvgIpc) is 2.68. The smallest absolute Gasteiger partial charge is 0.161 e. The predicted molar refractivity (Wildman–Crippen MR) is 107 cm³/mol. The van der Waals surface area contributed by atoms with Crippen molar-refractivity contribution in [1.29, 1.82) is 0 Å². The van der Waals surface area contributed by atoms with E-state index in [1.165, 1.54) is 11.3 Å². The van der Waals surface area contributed by atoms with Crippen LogP contribution >= 0.6 is 0 Å². The van der Waals surface area contributed by atoms with Gasteiger partial charge in [-0.05, 0) is 44.2 Å². The number of benzene rings is 2. The molecule has 0 amide bonds. The van der Waals surface area contributed by atoms with Crippen molar-refractivity contribution in [3.63, 3.8) is 0 Å². The van der Waals surface area contributed by atoms with Crippen molar-refractivity contribution >= 4 is 11.4 Å². The summed E-state index contributed by atoms with van der Waals surface area (Å²) in [5.41, 5.74) is 4.61. The summed E-state index contributed by atoms with van der Waals surface area (Å²) in [7, 11) is 3.30. The Morgan fingerprint density at radius 3 is 2.15 bits per heavy atom. The predicted octanol–water partition coefficient (Wildman–Crippen LogP) is 3.56. The molecule has 5 nitrogen and oxygen atoms in total. The molecule has 0 bridgehead atoms. The Morgan fingerprint density at radius 1 is 0.885 bits per heavy atom. The molecule has 1 aliphatic rings. The number of anilines is 1. The number of aryl methyl sites for hydroxylation is 1. The molecule has 0 aromatic heterocycles. The lowest BCUT2D eigenvalue weighted by atomic mass is 10.1. The largest absolute Gasteiger partial charge is 0.493 e. The van der Waals surface area contributed by atoms with Crippen LogP contribution in [-0.2, 0) is 0 Å². The van der Waals surface area contributed by atoms with Crippen LogP contribution in [0.3, 0.4) is 0 Å². The van der Waals surface area contributed by atoms with Gasteiger partial charge in [0.2, 0.25) is 0 Å². The molecule has 0 unspecified atom stereocenters. The van der Waals surface area contributed by atoms with Crippen molar-refractivity contribution in [3.8, 4) is 11.5 Å². The van der Waals surface area contributed by atoms with E-state index in [4.69, 9.17) is 14.6 Å². The molecule has 0 radical (unpaired) electrons. The van der Waals surface area contributed by atoms with Gasteiger partial charge in [0.05, 0.1) is 33.0 Å². The van der Waals surface area contributed by atoms with Gasteiger partial charge in [0.1, 0.15) is 0 Å². The van der Waals surface area contributed by atoms with Crippen LogP contribution < -0.4 is 14.4 Å². The van der Waals surface area contributed by atoms with E-state index in [1.54, 1.807) is 14.2 Å². The highest BCUT2D eigenvalue weighted by Gasteiger charge is 2.16. The fourth-order valence-corrected chi connectivity index (χ4v) is 3.14. The highest BCUT2D eigenvalue weighted by molar-refractivity contribution is 5.99. The third kappa shape index (κ3) is 4.10. The summed E-state index contributed by atoms with van der Waals surface area (Å²) < 4.78 is 10.7. The molecule has 0 atom stereocenters. The molecule has 1 heterocycles. The molecular formula is C21H27N3O2. The number of rotatable bonds is 5. The number of hydrogen-bond acceptors (Lipinski definition) is 5. The molecule has 1 fully saturated rings. The Labute approximate surface area is 155 Å². The molecule has 0 saturated carbocycles. The van der Waals surface area contributed by atoms with Gasteiger partial charge in [0.15, 0.2) is 11.5 Å². The molecule has 5 heteroatoms. The van der Waals surface area contributed by atoms with Crippen molar-refractivity contribution in [3.05, 3.63) is 53.6 Å². The third-order valence-corrected chi connectivity index (χ3v) is 4.75. The SMILES string of the molecule is COc1ccc(C(C)=NN2CCN(c3ccc(C)cc3)CC2)cc1OC. The highest BCUT2D eigenvalue weighted by Crippen LogP contribution is 2.28. The van der Waals surface area contributed by atoms with Crippen LogP contribution in [-0.4, -0.2) is 51.1 Å². The summed E-state index contributed by atoms with van der Waals surface area (Å²) in [6, 6.07) is 14.6. The lowest BCUT2D eigenvalue weighted by Gasteiger charge is -2.35. The maximum absolute atomic E-state index is 5.39. The molecule has 2 aromatic carbocycles. The van der Waals surface area contributed by atoms with Crippen molar-refractivity contribution in [2.45, 2.75) is 13.8 Å². The highest BCUT2D eigenvalue weighted by atomic mass is 16.5. The fraction of sp³-hybridized carbons (Fsp3) is 0.381. The van der Waals surface area contributed by atoms with Crippen LogP contribution in [0.5, 0.6) is 11.5 Å². The van der Waals surface area contributed by atoms with E-state index in [2.05, 4.69) is 41.1 Å². The minimum atomic E-state index is 0.726. The van der Waals surface area contributed by atoms with Gasteiger partial charge in [-0.2, -0.15) is 5.10 Å². The zero-order chi connectivity index (χ0) is 18.5. The summed E-state index contributed by atoms with van der Waals surface area (Å²) in [5.74, 6) is 1.46. The fourth-order valence-electron chi connectivity index (χ4n) is 3.14. The van der Waals surface area contributed by atoms with Gasteiger partial charge in [-0.1, -0.05) is 17.7 Å². The van der Waals surface area contributed by atoms with Crippen molar-refractivity contribution in [2.75, 3.05) is 45.3 Å². The van der Waals surface area contributed by atoms with Crippen LogP contribution in [0.2, 0.25) is 0 Å². The summed E-state index contributed by atoms with van der Waals surface area (Å²) in [5, 5.41) is 6.96. The van der Waals surface area contributed by atoms with Crippen LogP contribution in [0.4, 0.5) is 5.69 Å². The van der Waals surface area contributed by atoms with Gasteiger partial charge in [-0.25, -0.2) is 0 Å². The topological polar surface area (TPSA) is 37.3 Å². The molecule has 2 aromatic rings.